The molecule has 1 aliphatic rings. The summed E-state index contributed by atoms with van der Waals surface area (Å²) in [5.41, 5.74) is 8.05. The molecule has 1 atom stereocenters. The third kappa shape index (κ3) is 2.57. The van der Waals surface area contributed by atoms with Crippen LogP contribution in [0.2, 0.25) is 0 Å². The molecule has 5 heteroatoms. The fourth-order valence-corrected chi connectivity index (χ4v) is 3.52. The zero-order valence-corrected chi connectivity index (χ0v) is 12.4. The van der Waals surface area contributed by atoms with Crippen LogP contribution in [0.4, 0.5) is 5.13 Å². The van der Waals surface area contributed by atoms with Gasteiger partial charge in [-0.25, -0.2) is 4.98 Å². The molecule has 0 bridgehead atoms. The van der Waals surface area contributed by atoms with Crippen LogP contribution in [0.15, 0.2) is 30.3 Å². The van der Waals surface area contributed by atoms with Gasteiger partial charge >= 0.3 is 0 Å². The number of rotatable bonds is 3. The van der Waals surface area contributed by atoms with Crippen molar-refractivity contribution in [2.24, 2.45) is 5.73 Å². The highest BCUT2D eigenvalue weighted by atomic mass is 32.1. The van der Waals surface area contributed by atoms with Crippen LogP contribution in [0.5, 0.6) is 0 Å². The minimum Gasteiger partial charge on any atom is -0.377 e. The lowest BCUT2D eigenvalue weighted by Crippen LogP contribution is -2.43. The first-order valence-electron chi connectivity index (χ1n) is 6.89. The van der Waals surface area contributed by atoms with Gasteiger partial charge in [-0.15, -0.1) is 0 Å². The topological polar surface area (TPSA) is 51.4 Å². The summed E-state index contributed by atoms with van der Waals surface area (Å²) in [6.45, 7) is 5.12. The molecule has 1 aliphatic heterocycles. The predicted octanol–water partition coefficient (Wildman–Crippen LogP) is 2.49. The summed E-state index contributed by atoms with van der Waals surface area (Å²) in [7, 11) is 0. The summed E-state index contributed by atoms with van der Waals surface area (Å²) in [6.07, 6.45) is 0. The third-order valence-electron chi connectivity index (χ3n) is 3.53. The SMILES string of the molecule is CC1COCCN1c1nc(-c2ccccc2)c(CN)s1. The molecule has 1 saturated heterocycles. The van der Waals surface area contributed by atoms with Gasteiger partial charge in [-0.3, -0.25) is 0 Å². The molecule has 1 aromatic carbocycles. The quantitative estimate of drug-likeness (QED) is 0.943. The number of anilines is 1. The Hall–Kier alpha value is -1.43. The van der Waals surface area contributed by atoms with Crippen molar-refractivity contribution in [2.75, 3.05) is 24.7 Å². The van der Waals surface area contributed by atoms with E-state index < -0.39 is 0 Å². The Morgan fingerprint density at radius 1 is 1.40 bits per heavy atom. The molecular formula is C15H19N3OS. The summed E-state index contributed by atoms with van der Waals surface area (Å²) in [5.74, 6) is 0. The van der Waals surface area contributed by atoms with Crippen LogP contribution in [0, 0.1) is 0 Å². The van der Waals surface area contributed by atoms with E-state index in [0.717, 1.165) is 41.0 Å². The molecule has 0 aliphatic carbocycles. The molecule has 2 aromatic rings. The maximum absolute atomic E-state index is 5.89. The van der Waals surface area contributed by atoms with Gasteiger partial charge in [-0.2, -0.15) is 0 Å². The van der Waals surface area contributed by atoms with Gasteiger partial charge in [-0.05, 0) is 6.92 Å². The molecule has 2 heterocycles. The first-order chi connectivity index (χ1) is 9.79. The molecule has 106 valence electrons. The molecule has 1 aromatic heterocycles. The Morgan fingerprint density at radius 2 is 2.20 bits per heavy atom. The molecule has 20 heavy (non-hydrogen) atoms. The average Bonchev–Trinajstić information content (AvgIpc) is 2.92. The second kappa shape index (κ2) is 5.91. The standard InChI is InChI=1S/C15H19N3OS/c1-11-10-19-8-7-18(11)15-17-14(13(9-16)20-15)12-5-3-2-4-6-12/h2-6,11H,7-10,16H2,1H3. The molecule has 2 N–H and O–H groups in total. The van der Waals surface area contributed by atoms with Crippen LogP contribution in [0.1, 0.15) is 11.8 Å². The molecule has 4 nitrogen and oxygen atoms in total. The highest BCUT2D eigenvalue weighted by Gasteiger charge is 2.23. The van der Waals surface area contributed by atoms with Gasteiger partial charge in [0.25, 0.3) is 0 Å². The van der Waals surface area contributed by atoms with E-state index in [-0.39, 0.29) is 0 Å². The zero-order valence-electron chi connectivity index (χ0n) is 11.6. The molecular weight excluding hydrogens is 270 g/mol. The van der Waals surface area contributed by atoms with Crippen molar-refractivity contribution in [1.82, 2.24) is 4.98 Å². The third-order valence-corrected chi connectivity index (χ3v) is 4.65. The minimum absolute atomic E-state index is 0.365. The Kier molecular flexibility index (Phi) is 4.00. The number of aromatic nitrogens is 1. The number of morpholine rings is 1. The van der Waals surface area contributed by atoms with E-state index >= 15 is 0 Å². The Bertz CT molecular complexity index is 570. The van der Waals surface area contributed by atoms with E-state index in [0.29, 0.717) is 12.6 Å². The first-order valence-corrected chi connectivity index (χ1v) is 7.71. The lowest BCUT2D eigenvalue weighted by atomic mass is 10.1. The van der Waals surface area contributed by atoms with Crippen LogP contribution in [0.3, 0.4) is 0 Å². The largest absolute Gasteiger partial charge is 0.377 e. The van der Waals surface area contributed by atoms with Crippen molar-refractivity contribution in [3.8, 4) is 11.3 Å². The average molecular weight is 289 g/mol. The van der Waals surface area contributed by atoms with E-state index in [9.17, 15) is 0 Å². The molecule has 0 amide bonds. The van der Waals surface area contributed by atoms with Crippen molar-refractivity contribution >= 4 is 16.5 Å². The van der Waals surface area contributed by atoms with Crippen molar-refractivity contribution in [3.63, 3.8) is 0 Å². The maximum atomic E-state index is 5.89. The van der Waals surface area contributed by atoms with Crippen molar-refractivity contribution in [1.29, 1.82) is 0 Å². The van der Waals surface area contributed by atoms with Crippen LogP contribution in [0.25, 0.3) is 11.3 Å². The van der Waals surface area contributed by atoms with E-state index in [2.05, 4.69) is 24.0 Å². The summed E-state index contributed by atoms with van der Waals surface area (Å²) >= 11 is 1.70. The van der Waals surface area contributed by atoms with Gasteiger partial charge in [0.05, 0.1) is 24.9 Å². The summed E-state index contributed by atoms with van der Waals surface area (Å²) < 4.78 is 5.49. The van der Waals surface area contributed by atoms with Crippen molar-refractivity contribution < 1.29 is 4.74 Å². The van der Waals surface area contributed by atoms with Crippen LogP contribution >= 0.6 is 11.3 Å². The summed E-state index contributed by atoms with van der Waals surface area (Å²) in [4.78, 5) is 8.30. The van der Waals surface area contributed by atoms with Crippen LogP contribution < -0.4 is 10.6 Å². The van der Waals surface area contributed by atoms with Gasteiger partial charge in [-0.1, -0.05) is 41.7 Å². The Balaban J connectivity index is 1.96. The first kappa shape index (κ1) is 13.5. The molecule has 0 spiro atoms. The molecule has 3 rings (SSSR count). The molecule has 1 unspecified atom stereocenters. The van der Waals surface area contributed by atoms with Gasteiger partial charge in [0.1, 0.15) is 0 Å². The summed E-state index contributed by atoms with van der Waals surface area (Å²) in [6, 6.07) is 10.6. The summed E-state index contributed by atoms with van der Waals surface area (Å²) in [5, 5.41) is 1.06. The van der Waals surface area contributed by atoms with Gasteiger partial charge in [0.2, 0.25) is 0 Å². The monoisotopic (exact) mass is 289 g/mol. The van der Waals surface area contributed by atoms with E-state index in [1.165, 1.54) is 0 Å². The van der Waals surface area contributed by atoms with E-state index in [4.69, 9.17) is 15.5 Å². The lowest BCUT2D eigenvalue weighted by molar-refractivity contribution is 0.0989. The second-order valence-corrected chi connectivity index (χ2v) is 6.02. The molecule has 0 saturated carbocycles. The van der Waals surface area contributed by atoms with Crippen molar-refractivity contribution in [3.05, 3.63) is 35.2 Å². The van der Waals surface area contributed by atoms with Crippen molar-refractivity contribution in [2.45, 2.75) is 19.5 Å². The number of ether oxygens (including phenoxy) is 1. The van der Waals surface area contributed by atoms with E-state index in [1.54, 1.807) is 11.3 Å². The highest BCUT2D eigenvalue weighted by Crippen LogP contribution is 2.34. The smallest absolute Gasteiger partial charge is 0.186 e. The zero-order chi connectivity index (χ0) is 13.9. The van der Waals surface area contributed by atoms with E-state index in [1.807, 2.05) is 18.2 Å². The highest BCUT2D eigenvalue weighted by molar-refractivity contribution is 7.16. The second-order valence-electron chi connectivity index (χ2n) is 4.96. The predicted molar refractivity (Wildman–Crippen MR) is 83.1 cm³/mol. The minimum atomic E-state index is 0.365. The molecule has 0 radical (unpaired) electrons. The van der Waals surface area contributed by atoms with Gasteiger partial charge < -0.3 is 15.4 Å². The molecule has 1 fully saturated rings. The number of nitrogens with zero attached hydrogens (tertiary/aromatic N) is 2. The maximum Gasteiger partial charge on any atom is 0.186 e. The van der Waals surface area contributed by atoms with Crippen LogP contribution in [-0.2, 0) is 11.3 Å². The normalized spacial score (nSPS) is 19.3. The van der Waals surface area contributed by atoms with Gasteiger partial charge in [0.15, 0.2) is 5.13 Å². The number of nitrogens with two attached hydrogens (primary N) is 1. The Labute approximate surface area is 123 Å². The number of hydrogen-bond acceptors (Lipinski definition) is 5. The fourth-order valence-electron chi connectivity index (χ4n) is 2.43. The Morgan fingerprint density at radius 3 is 2.90 bits per heavy atom. The fraction of sp³-hybridized carbons (Fsp3) is 0.400. The number of hydrogen-bond donors (Lipinski definition) is 1. The lowest BCUT2D eigenvalue weighted by Gasteiger charge is -2.32. The van der Waals surface area contributed by atoms with Gasteiger partial charge in [0, 0.05) is 23.5 Å². The number of benzene rings is 1. The number of thiazole rings is 1. The van der Waals surface area contributed by atoms with Crippen LogP contribution in [-0.4, -0.2) is 30.8 Å².